The van der Waals surface area contributed by atoms with Gasteiger partial charge in [-0.3, -0.25) is 10.3 Å². The Hall–Kier alpha value is -2.57. The van der Waals surface area contributed by atoms with Crippen molar-refractivity contribution in [2.45, 2.75) is 12.6 Å². The molecule has 0 saturated carbocycles. The van der Waals surface area contributed by atoms with Gasteiger partial charge in [-0.15, -0.1) is 0 Å². The third-order valence-electron chi connectivity index (χ3n) is 3.67. The molecular formula is C17H17ClN4O2. The Balaban J connectivity index is 1.93. The van der Waals surface area contributed by atoms with E-state index in [1.54, 1.807) is 7.11 Å². The van der Waals surface area contributed by atoms with Crippen LogP contribution in [0.3, 0.4) is 0 Å². The van der Waals surface area contributed by atoms with Crippen LogP contribution in [0.5, 0.6) is 5.75 Å². The van der Waals surface area contributed by atoms with Crippen molar-refractivity contribution >= 4 is 11.6 Å². The summed E-state index contributed by atoms with van der Waals surface area (Å²) < 4.78 is 5.31. The smallest absolute Gasteiger partial charge is 0.340 e. The van der Waals surface area contributed by atoms with Crippen LogP contribution in [0.25, 0.3) is 0 Å². The first-order valence-electron chi connectivity index (χ1n) is 7.42. The molecule has 6 nitrogen and oxygen atoms in total. The molecule has 0 aliphatic rings. The number of nitrogens with one attached hydrogen (secondary N) is 3. The van der Waals surface area contributed by atoms with Crippen molar-refractivity contribution in [2.75, 3.05) is 7.11 Å². The summed E-state index contributed by atoms with van der Waals surface area (Å²) in [4.78, 5) is 13.8. The maximum absolute atomic E-state index is 11.2. The molecule has 1 unspecified atom stereocenters. The van der Waals surface area contributed by atoms with E-state index in [1.807, 2.05) is 48.5 Å². The van der Waals surface area contributed by atoms with Gasteiger partial charge in [0.1, 0.15) is 11.6 Å². The molecule has 7 heteroatoms. The Bertz CT molecular complexity index is 875. The van der Waals surface area contributed by atoms with E-state index < -0.39 is 0 Å². The fraction of sp³-hybridized carbons (Fsp3) is 0.176. The van der Waals surface area contributed by atoms with Gasteiger partial charge in [0.25, 0.3) is 0 Å². The van der Waals surface area contributed by atoms with Crippen molar-refractivity contribution in [3.63, 3.8) is 0 Å². The molecule has 0 aliphatic carbocycles. The number of hydrogen-bond donors (Lipinski definition) is 3. The third-order valence-corrected chi connectivity index (χ3v) is 4.01. The summed E-state index contributed by atoms with van der Waals surface area (Å²) in [5.41, 5.74) is 1.60. The molecule has 3 aromatic rings. The molecule has 0 amide bonds. The van der Waals surface area contributed by atoms with Crippen LogP contribution in [0, 0.1) is 0 Å². The number of aromatic amines is 2. The summed E-state index contributed by atoms with van der Waals surface area (Å²) in [7, 11) is 1.63. The van der Waals surface area contributed by atoms with E-state index in [2.05, 4.69) is 20.5 Å². The normalized spacial score (nSPS) is 12.1. The fourth-order valence-corrected chi connectivity index (χ4v) is 2.77. The van der Waals surface area contributed by atoms with Crippen LogP contribution in [0.4, 0.5) is 0 Å². The second-order valence-corrected chi connectivity index (χ2v) is 5.64. The van der Waals surface area contributed by atoms with Gasteiger partial charge in [-0.05, 0) is 29.3 Å². The van der Waals surface area contributed by atoms with Gasteiger partial charge in [0.15, 0.2) is 0 Å². The molecule has 0 saturated heterocycles. The van der Waals surface area contributed by atoms with Crippen molar-refractivity contribution in [3.8, 4) is 5.75 Å². The van der Waals surface area contributed by atoms with Crippen molar-refractivity contribution in [1.82, 2.24) is 20.5 Å². The van der Waals surface area contributed by atoms with Gasteiger partial charge in [-0.2, -0.15) is 5.10 Å². The Morgan fingerprint density at radius 1 is 1.25 bits per heavy atom. The van der Waals surface area contributed by atoms with E-state index in [1.165, 1.54) is 0 Å². The number of nitrogens with zero attached hydrogens (tertiary/aromatic N) is 1. The molecule has 3 N–H and O–H groups in total. The number of halogens is 1. The summed E-state index contributed by atoms with van der Waals surface area (Å²) in [5.74, 6) is 1.29. The van der Waals surface area contributed by atoms with Crippen LogP contribution in [-0.2, 0) is 6.54 Å². The number of H-pyrrole nitrogens is 2. The van der Waals surface area contributed by atoms with Gasteiger partial charge in [0.2, 0.25) is 0 Å². The summed E-state index contributed by atoms with van der Waals surface area (Å²) in [6, 6.07) is 15.2. The van der Waals surface area contributed by atoms with Crippen LogP contribution in [0.1, 0.15) is 23.0 Å². The minimum atomic E-state index is -0.331. The highest BCUT2D eigenvalue weighted by molar-refractivity contribution is 6.31. The van der Waals surface area contributed by atoms with Crippen LogP contribution >= 0.6 is 11.6 Å². The zero-order valence-electron chi connectivity index (χ0n) is 13.0. The molecule has 124 valence electrons. The Labute approximate surface area is 143 Å². The fourth-order valence-electron chi connectivity index (χ4n) is 2.53. The predicted octanol–water partition coefficient (Wildman–Crippen LogP) is 2.64. The molecular weight excluding hydrogens is 328 g/mol. The molecule has 0 radical (unpaired) electrons. The number of aromatic nitrogens is 3. The maximum atomic E-state index is 11.2. The molecule has 3 rings (SSSR count). The first-order chi connectivity index (χ1) is 11.7. The SMILES string of the molecule is COc1cccc(C(NCc2n[nH]c(=O)[nH]2)c2ccccc2Cl)c1. The lowest BCUT2D eigenvalue weighted by molar-refractivity contribution is 0.413. The molecule has 2 aromatic carbocycles. The molecule has 24 heavy (non-hydrogen) atoms. The van der Waals surface area contributed by atoms with E-state index >= 15 is 0 Å². The lowest BCUT2D eigenvalue weighted by atomic mass is 9.98. The van der Waals surface area contributed by atoms with Crippen LogP contribution in [0.15, 0.2) is 53.3 Å². The number of benzene rings is 2. The Morgan fingerprint density at radius 3 is 2.79 bits per heavy atom. The summed E-state index contributed by atoms with van der Waals surface area (Å²) >= 11 is 6.38. The summed E-state index contributed by atoms with van der Waals surface area (Å²) in [6.07, 6.45) is 0. The molecule has 1 atom stereocenters. The first-order valence-corrected chi connectivity index (χ1v) is 7.80. The zero-order valence-corrected chi connectivity index (χ0v) is 13.8. The molecule has 0 spiro atoms. The highest BCUT2D eigenvalue weighted by Crippen LogP contribution is 2.30. The van der Waals surface area contributed by atoms with Crippen LogP contribution in [-0.4, -0.2) is 22.3 Å². The Morgan fingerprint density at radius 2 is 2.08 bits per heavy atom. The van der Waals surface area contributed by atoms with E-state index in [0.717, 1.165) is 16.9 Å². The number of rotatable bonds is 6. The van der Waals surface area contributed by atoms with E-state index in [4.69, 9.17) is 16.3 Å². The molecule has 0 fully saturated rings. The first kappa shape index (κ1) is 16.3. The number of ether oxygens (including phenoxy) is 1. The van der Waals surface area contributed by atoms with Crippen molar-refractivity contribution in [3.05, 3.63) is 81.0 Å². The quantitative estimate of drug-likeness (QED) is 0.642. The van der Waals surface area contributed by atoms with Crippen LogP contribution < -0.4 is 15.7 Å². The monoisotopic (exact) mass is 344 g/mol. The van der Waals surface area contributed by atoms with Crippen molar-refractivity contribution in [2.24, 2.45) is 0 Å². The van der Waals surface area contributed by atoms with Crippen molar-refractivity contribution in [1.29, 1.82) is 0 Å². The molecule has 0 aliphatic heterocycles. The van der Waals surface area contributed by atoms with E-state index in [-0.39, 0.29) is 11.7 Å². The average molecular weight is 345 g/mol. The second-order valence-electron chi connectivity index (χ2n) is 5.24. The molecule has 1 heterocycles. The van der Waals surface area contributed by atoms with E-state index in [0.29, 0.717) is 17.4 Å². The lowest BCUT2D eigenvalue weighted by Gasteiger charge is -2.21. The van der Waals surface area contributed by atoms with Crippen LogP contribution in [0.2, 0.25) is 5.02 Å². The largest absolute Gasteiger partial charge is 0.497 e. The summed E-state index contributed by atoms with van der Waals surface area (Å²) in [6.45, 7) is 0.381. The minimum Gasteiger partial charge on any atom is -0.497 e. The highest BCUT2D eigenvalue weighted by Gasteiger charge is 2.17. The summed E-state index contributed by atoms with van der Waals surface area (Å²) in [5, 5.41) is 10.3. The molecule has 0 bridgehead atoms. The topological polar surface area (TPSA) is 82.8 Å². The van der Waals surface area contributed by atoms with E-state index in [9.17, 15) is 4.79 Å². The lowest BCUT2D eigenvalue weighted by Crippen LogP contribution is -2.23. The molecule has 1 aromatic heterocycles. The third kappa shape index (κ3) is 3.67. The minimum absolute atomic E-state index is 0.172. The van der Waals surface area contributed by atoms with Crippen molar-refractivity contribution < 1.29 is 4.74 Å². The second kappa shape index (κ2) is 7.33. The van der Waals surface area contributed by atoms with Gasteiger partial charge in [-0.1, -0.05) is 41.9 Å². The number of hydrogen-bond acceptors (Lipinski definition) is 4. The van der Waals surface area contributed by atoms with Gasteiger partial charge in [-0.25, -0.2) is 9.89 Å². The Kier molecular flexibility index (Phi) is 4.98. The van der Waals surface area contributed by atoms with Gasteiger partial charge < -0.3 is 4.74 Å². The highest BCUT2D eigenvalue weighted by atomic mass is 35.5. The number of methoxy groups -OCH3 is 1. The predicted molar refractivity (Wildman–Crippen MR) is 92.3 cm³/mol. The maximum Gasteiger partial charge on any atom is 0.340 e. The average Bonchev–Trinajstić information content (AvgIpc) is 3.02. The zero-order chi connectivity index (χ0) is 16.9. The standard InChI is InChI=1S/C17H17ClN4O2/c1-24-12-6-4-5-11(9-12)16(13-7-2-3-8-14(13)18)19-10-15-20-17(23)22-21-15/h2-9,16,19H,10H2,1H3,(H2,20,21,22,23). The van der Waals surface area contributed by atoms with Gasteiger partial charge >= 0.3 is 5.69 Å². The van der Waals surface area contributed by atoms with Gasteiger partial charge in [0.05, 0.1) is 19.7 Å². The van der Waals surface area contributed by atoms with Gasteiger partial charge in [0, 0.05) is 5.02 Å².